The van der Waals surface area contributed by atoms with Crippen molar-refractivity contribution in [2.75, 3.05) is 0 Å². The van der Waals surface area contributed by atoms with Gasteiger partial charge in [-0.3, -0.25) is 4.79 Å². The average Bonchev–Trinajstić information content (AvgIpc) is 2.45. The highest BCUT2D eigenvalue weighted by Crippen LogP contribution is 2.31. The van der Waals surface area contributed by atoms with Crippen molar-refractivity contribution in [2.45, 2.75) is 0 Å². The van der Waals surface area contributed by atoms with Gasteiger partial charge in [-0.25, -0.2) is 4.39 Å². The summed E-state index contributed by atoms with van der Waals surface area (Å²) in [6, 6.07) is 5.37. The van der Waals surface area contributed by atoms with Crippen LogP contribution in [0.4, 0.5) is 4.39 Å². The van der Waals surface area contributed by atoms with Crippen LogP contribution in [-0.2, 0) is 0 Å². The molecule has 0 bridgehead atoms. The number of halogens is 2. The lowest BCUT2D eigenvalue weighted by molar-refractivity contribution is 0.112. The van der Waals surface area contributed by atoms with Gasteiger partial charge in [0.05, 0.1) is 4.70 Å². The monoisotopic (exact) mass is 306 g/mol. The van der Waals surface area contributed by atoms with E-state index in [9.17, 15) is 9.18 Å². The first kappa shape index (κ1) is 9.08. The van der Waals surface area contributed by atoms with Crippen molar-refractivity contribution in [3.63, 3.8) is 0 Å². The van der Waals surface area contributed by atoms with Crippen LogP contribution in [0.15, 0.2) is 18.2 Å². The topological polar surface area (TPSA) is 17.1 Å². The zero-order chi connectivity index (χ0) is 9.42. The highest BCUT2D eigenvalue weighted by atomic mass is 127. The molecule has 0 aliphatic carbocycles. The summed E-state index contributed by atoms with van der Waals surface area (Å²) in [4.78, 5) is 10.7. The normalized spacial score (nSPS) is 10.6. The second-order valence-electron chi connectivity index (χ2n) is 2.51. The summed E-state index contributed by atoms with van der Waals surface area (Å²) < 4.78 is 15.2. The van der Waals surface area contributed by atoms with Crippen LogP contribution in [-0.4, -0.2) is 6.29 Å². The molecular formula is C9H4FIOS. The van der Waals surface area contributed by atoms with Crippen LogP contribution in [0.2, 0.25) is 0 Å². The summed E-state index contributed by atoms with van der Waals surface area (Å²) >= 11 is 3.33. The highest BCUT2D eigenvalue weighted by Gasteiger charge is 2.12. The Bertz CT molecular complexity index is 478. The van der Waals surface area contributed by atoms with Crippen molar-refractivity contribution < 1.29 is 9.18 Å². The van der Waals surface area contributed by atoms with Crippen molar-refractivity contribution in [1.29, 1.82) is 0 Å². The van der Waals surface area contributed by atoms with Crippen LogP contribution in [0.3, 0.4) is 0 Å². The molecule has 0 aliphatic heterocycles. The van der Waals surface area contributed by atoms with Gasteiger partial charge < -0.3 is 0 Å². The third-order valence-corrected chi connectivity index (χ3v) is 4.14. The molecule has 4 heteroatoms. The first-order valence-corrected chi connectivity index (χ1v) is 5.45. The standard InChI is InChI=1S/C9H4FIOS/c10-8-5-2-1-3-6(11)9(5)13-7(8)4-12/h1-4H. The number of thiophene rings is 1. The quantitative estimate of drug-likeness (QED) is 0.582. The van der Waals surface area contributed by atoms with Gasteiger partial charge in [-0.1, -0.05) is 12.1 Å². The molecule has 0 unspecified atom stereocenters. The lowest BCUT2D eigenvalue weighted by Gasteiger charge is -1.90. The van der Waals surface area contributed by atoms with E-state index in [1.165, 1.54) is 11.3 Å². The molecule has 0 spiro atoms. The second-order valence-corrected chi connectivity index (χ2v) is 4.73. The molecule has 0 atom stereocenters. The smallest absolute Gasteiger partial charge is 0.163 e. The summed E-state index contributed by atoms with van der Waals surface area (Å²) in [6.45, 7) is 0. The third-order valence-electron chi connectivity index (χ3n) is 1.74. The SMILES string of the molecule is O=Cc1sc2c(I)cccc2c1F. The van der Waals surface area contributed by atoms with E-state index in [-0.39, 0.29) is 4.88 Å². The highest BCUT2D eigenvalue weighted by molar-refractivity contribution is 14.1. The zero-order valence-corrected chi connectivity index (χ0v) is 9.36. The fourth-order valence-corrected chi connectivity index (χ4v) is 2.88. The Kier molecular flexibility index (Phi) is 2.33. The Morgan fingerprint density at radius 2 is 2.23 bits per heavy atom. The van der Waals surface area contributed by atoms with E-state index < -0.39 is 5.82 Å². The molecule has 1 aromatic carbocycles. The van der Waals surface area contributed by atoms with Crippen LogP contribution in [0.1, 0.15) is 9.67 Å². The molecular weight excluding hydrogens is 302 g/mol. The summed E-state index contributed by atoms with van der Waals surface area (Å²) in [5, 5.41) is 0.541. The molecule has 13 heavy (non-hydrogen) atoms. The number of fused-ring (bicyclic) bond motifs is 1. The molecule has 0 aliphatic rings. The van der Waals surface area contributed by atoms with Gasteiger partial charge >= 0.3 is 0 Å². The van der Waals surface area contributed by atoms with E-state index in [4.69, 9.17) is 0 Å². The van der Waals surface area contributed by atoms with Crippen molar-refractivity contribution >= 4 is 50.3 Å². The van der Waals surface area contributed by atoms with Gasteiger partial charge in [-0.15, -0.1) is 11.3 Å². The summed E-state index contributed by atoms with van der Waals surface area (Å²) in [7, 11) is 0. The maximum absolute atomic E-state index is 13.4. The number of aldehydes is 1. The molecule has 0 amide bonds. The molecule has 66 valence electrons. The lowest BCUT2D eigenvalue weighted by Crippen LogP contribution is -1.76. The lowest BCUT2D eigenvalue weighted by atomic mass is 10.2. The fraction of sp³-hybridized carbons (Fsp3) is 0. The van der Waals surface area contributed by atoms with Gasteiger partial charge in [0.2, 0.25) is 0 Å². The molecule has 0 saturated heterocycles. The van der Waals surface area contributed by atoms with Gasteiger partial charge in [0, 0.05) is 8.96 Å². The minimum atomic E-state index is -0.395. The van der Waals surface area contributed by atoms with Gasteiger partial charge in [0.15, 0.2) is 12.1 Å². The molecule has 1 aromatic heterocycles. The van der Waals surface area contributed by atoms with Crippen molar-refractivity contribution in [3.8, 4) is 0 Å². The first-order chi connectivity index (χ1) is 6.24. The summed E-state index contributed by atoms with van der Waals surface area (Å²) in [6.07, 6.45) is 0.566. The summed E-state index contributed by atoms with van der Waals surface area (Å²) in [5.41, 5.74) is 0. The Hall–Kier alpha value is -0.490. The Morgan fingerprint density at radius 3 is 2.85 bits per heavy atom. The molecule has 0 N–H and O–H groups in total. The second kappa shape index (κ2) is 3.34. The van der Waals surface area contributed by atoms with E-state index >= 15 is 0 Å². The molecule has 0 saturated carbocycles. The van der Waals surface area contributed by atoms with Crippen LogP contribution < -0.4 is 0 Å². The van der Waals surface area contributed by atoms with Gasteiger partial charge in [-0.05, 0) is 28.7 Å². The van der Waals surface area contributed by atoms with Gasteiger partial charge in [-0.2, -0.15) is 0 Å². The Balaban J connectivity index is 2.91. The maximum Gasteiger partial charge on any atom is 0.163 e. The average molecular weight is 306 g/mol. The minimum Gasteiger partial charge on any atom is -0.297 e. The summed E-state index contributed by atoms with van der Waals surface area (Å²) in [5.74, 6) is -0.395. The predicted octanol–water partition coefficient (Wildman–Crippen LogP) is 3.46. The minimum absolute atomic E-state index is 0.180. The van der Waals surface area contributed by atoms with Crippen LogP contribution in [0, 0.1) is 9.39 Å². The molecule has 2 aromatic rings. The Morgan fingerprint density at radius 1 is 1.46 bits per heavy atom. The van der Waals surface area contributed by atoms with E-state index in [0.717, 1.165) is 8.27 Å². The molecule has 0 fully saturated rings. The van der Waals surface area contributed by atoms with Crippen molar-refractivity contribution in [3.05, 3.63) is 32.5 Å². The van der Waals surface area contributed by atoms with E-state index in [1.807, 2.05) is 6.07 Å². The van der Waals surface area contributed by atoms with Crippen molar-refractivity contribution in [2.24, 2.45) is 0 Å². The number of hydrogen-bond acceptors (Lipinski definition) is 2. The number of benzene rings is 1. The van der Waals surface area contributed by atoms with E-state index in [2.05, 4.69) is 22.6 Å². The molecule has 1 heterocycles. The fourth-order valence-electron chi connectivity index (χ4n) is 1.15. The predicted molar refractivity (Wildman–Crippen MR) is 59.9 cm³/mol. The number of carbonyl (C=O) groups excluding carboxylic acids is 1. The van der Waals surface area contributed by atoms with Crippen LogP contribution in [0.25, 0.3) is 10.1 Å². The maximum atomic E-state index is 13.4. The largest absolute Gasteiger partial charge is 0.297 e. The number of carbonyl (C=O) groups is 1. The molecule has 0 radical (unpaired) electrons. The van der Waals surface area contributed by atoms with Crippen molar-refractivity contribution in [1.82, 2.24) is 0 Å². The van der Waals surface area contributed by atoms with E-state index in [1.54, 1.807) is 12.1 Å². The van der Waals surface area contributed by atoms with Gasteiger partial charge in [0.1, 0.15) is 4.88 Å². The Labute approximate surface area is 91.7 Å². The molecule has 1 nitrogen and oxygen atoms in total. The van der Waals surface area contributed by atoms with Crippen LogP contribution >= 0.6 is 33.9 Å². The first-order valence-electron chi connectivity index (χ1n) is 3.55. The zero-order valence-electron chi connectivity index (χ0n) is 6.38. The van der Waals surface area contributed by atoms with Crippen LogP contribution in [0.5, 0.6) is 0 Å². The van der Waals surface area contributed by atoms with E-state index in [0.29, 0.717) is 11.7 Å². The number of rotatable bonds is 1. The molecule has 2 rings (SSSR count). The van der Waals surface area contributed by atoms with Gasteiger partial charge in [0.25, 0.3) is 0 Å². The third kappa shape index (κ3) is 1.38. The number of hydrogen-bond donors (Lipinski definition) is 0.